The molecule has 7 heteroatoms. The number of nitrogens with zero attached hydrogens (tertiary/aromatic N) is 3. The van der Waals surface area contributed by atoms with Crippen LogP contribution in [0.2, 0.25) is 0 Å². The average Bonchev–Trinajstić information content (AvgIpc) is 3.04. The minimum absolute atomic E-state index is 0.232. The molecule has 0 bridgehead atoms. The molecular formula is C15H10FIN4O. The third-order valence-electron chi connectivity index (χ3n) is 3.70. The first-order chi connectivity index (χ1) is 10.6. The molecule has 0 aliphatic carbocycles. The molecule has 0 saturated heterocycles. The fraction of sp³-hybridized carbons (Fsp3) is 0.0667. The first-order valence-electron chi connectivity index (χ1n) is 6.58. The van der Waals surface area contributed by atoms with Crippen LogP contribution < -0.4 is 5.69 Å². The molecule has 22 heavy (non-hydrogen) atoms. The summed E-state index contributed by atoms with van der Waals surface area (Å²) in [5, 5.41) is 0. The fourth-order valence-corrected chi connectivity index (χ4v) is 3.21. The number of rotatable bonds is 1. The average molecular weight is 408 g/mol. The van der Waals surface area contributed by atoms with E-state index in [1.165, 1.54) is 10.6 Å². The molecule has 1 aromatic carbocycles. The Morgan fingerprint density at radius 1 is 1.36 bits per heavy atom. The number of halogens is 2. The van der Waals surface area contributed by atoms with Crippen LogP contribution in [0, 0.1) is 16.3 Å². The van der Waals surface area contributed by atoms with Gasteiger partial charge in [-0.05, 0) is 47.7 Å². The minimum Gasteiger partial charge on any atom is -0.305 e. The second-order valence-electron chi connectivity index (χ2n) is 5.04. The Labute approximate surface area is 137 Å². The third-order valence-corrected chi connectivity index (χ3v) is 4.37. The lowest BCUT2D eigenvalue weighted by Gasteiger charge is -2.08. The van der Waals surface area contributed by atoms with Gasteiger partial charge in [-0.25, -0.2) is 14.2 Å². The van der Waals surface area contributed by atoms with E-state index in [2.05, 4.69) is 9.97 Å². The Hall–Kier alpha value is -2.16. The number of hydrogen-bond donors (Lipinski definition) is 1. The number of aromatic amines is 1. The highest BCUT2D eigenvalue weighted by Crippen LogP contribution is 2.24. The van der Waals surface area contributed by atoms with Gasteiger partial charge < -0.3 is 9.38 Å². The van der Waals surface area contributed by atoms with Gasteiger partial charge in [0.05, 0.1) is 16.7 Å². The van der Waals surface area contributed by atoms with Gasteiger partial charge in [0.2, 0.25) is 0 Å². The summed E-state index contributed by atoms with van der Waals surface area (Å²) in [4.78, 5) is 19.4. The maximum atomic E-state index is 14.3. The van der Waals surface area contributed by atoms with Gasteiger partial charge in [-0.3, -0.25) is 4.57 Å². The topological polar surface area (TPSA) is 55.1 Å². The van der Waals surface area contributed by atoms with Gasteiger partial charge in [-0.15, -0.1) is 0 Å². The van der Waals surface area contributed by atoms with Crippen molar-refractivity contribution in [1.29, 1.82) is 0 Å². The molecule has 0 aliphatic rings. The number of H-pyrrole nitrogens is 1. The highest BCUT2D eigenvalue weighted by molar-refractivity contribution is 14.1. The van der Waals surface area contributed by atoms with E-state index in [4.69, 9.17) is 0 Å². The van der Waals surface area contributed by atoms with E-state index >= 15 is 0 Å². The van der Waals surface area contributed by atoms with E-state index in [9.17, 15) is 9.18 Å². The van der Waals surface area contributed by atoms with Crippen molar-refractivity contribution < 1.29 is 4.39 Å². The SMILES string of the molecule is Cc1c2c(cn3ccnc13)[nH]c(=O)n2-c1ccc(I)cc1F. The summed E-state index contributed by atoms with van der Waals surface area (Å²) in [7, 11) is 0. The third kappa shape index (κ3) is 1.81. The molecule has 0 amide bonds. The monoisotopic (exact) mass is 408 g/mol. The number of aryl methyl sites for hydroxylation is 1. The van der Waals surface area contributed by atoms with Gasteiger partial charge in [0.1, 0.15) is 11.5 Å². The molecule has 110 valence electrons. The summed E-state index contributed by atoms with van der Waals surface area (Å²) >= 11 is 2.04. The maximum Gasteiger partial charge on any atom is 0.331 e. The van der Waals surface area contributed by atoms with Crippen molar-refractivity contribution in [2.75, 3.05) is 0 Å². The van der Waals surface area contributed by atoms with Crippen molar-refractivity contribution in [3.8, 4) is 5.69 Å². The van der Waals surface area contributed by atoms with Gasteiger partial charge >= 0.3 is 5.69 Å². The molecule has 4 rings (SSSR count). The lowest BCUT2D eigenvalue weighted by atomic mass is 10.2. The lowest BCUT2D eigenvalue weighted by molar-refractivity contribution is 0.617. The van der Waals surface area contributed by atoms with Crippen LogP contribution in [-0.2, 0) is 0 Å². The summed E-state index contributed by atoms with van der Waals surface area (Å²) < 4.78 is 18.3. The largest absolute Gasteiger partial charge is 0.331 e. The minimum atomic E-state index is -0.433. The number of benzene rings is 1. The van der Waals surface area contributed by atoms with E-state index in [-0.39, 0.29) is 11.4 Å². The Morgan fingerprint density at radius 3 is 2.95 bits per heavy atom. The van der Waals surface area contributed by atoms with Gasteiger partial charge in [0.15, 0.2) is 0 Å². The molecule has 0 unspecified atom stereocenters. The Bertz CT molecular complexity index is 1090. The number of nitrogens with one attached hydrogen (secondary N) is 1. The zero-order valence-electron chi connectivity index (χ0n) is 11.5. The summed E-state index contributed by atoms with van der Waals surface area (Å²) in [6.07, 6.45) is 5.28. The molecule has 0 radical (unpaired) electrons. The summed E-state index contributed by atoms with van der Waals surface area (Å²) in [5.74, 6) is -0.433. The van der Waals surface area contributed by atoms with Gasteiger partial charge in [-0.1, -0.05) is 0 Å². The highest BCUT2D eigenvalue weighted by Gasteiger charge is 2.17. The van der Waals surface area contributed by atoms with E-state index in [1.54, 1.807) is 24.5 Å². The van der Waals surface area contributed by atoms with Crippen molar-refractivity contribution in [3.05, 3.63) is 62.2 Å². The quantitative estimate of drug-likeness (QED) is 0.493. The van der Waals surface area contributed by atoms with Crippen LogP contribution in [0.15, 0.2) is 41.6 Å². The molecule has 0 atom stereocenters. The Morgan fingerprint density at radius 2 is 2.18 bits per heavy atom. The summed E-state index contributed by atoms with van der Waals surface area (Å²) in [6.45, 7) is 1.87. The van der Waals surface area contributed by atoms with Crippen LogP contribution >= 0.6 is 22.6 Å². The van der Waals surface area contributed by atoms with E-state index in [0.717, 1.165) is 14.8 Å². The standard InChI is InChI=1S/C15H10FIN4O/c1-8-13-11(7-20-5-4-18-14(8)20)19-15(22)21(13)12-3-2-9(17)6-10(12)16/h2-7H,1H3,(H,19,22). The molecule has 0 fully saturated rings. The van der Waals surface area contributed by atoms with Crippen LogP contribution in [0.3, 0.4) is 0 Å². The molecule has 5 nitrogen and oxygen atoms in total. The van der Waals surface area contributed by atoms with Crippen molar-refractivity contribution in [2.45, 2.75) is 6.92 Å². The zero-order valence-corrected chi connectivity index (χ0v) is 13.6. The predicted molar refractivity (Wildman–Crippen MR) is 90.1 cm³/mol. The molecule has 3 aromatic heterocycles. The molecular weight excluding hydrogens is 398 g/mol. The first-order valence-corrected chi connectivity index (χ1v) is 7.66. The fourth-order valence-electron chi connectivity index (χ4n) is 2.76. The number of aromatic nitrogens is 4. The zero-order chi connectivity index (χ0) is 15.4. The van der Waals surface area contributed by atoms with Crippen LogP contribution in [0.25, 0.3) is 22.4 Å². The highest BCUT2D eigenvalue weighted by atomic mass is 127. The number of fused-ring (bicyclic) bond motifs is 2. The molecule has 0 saturated carbocycles. The van der Waals surface area contributed by atoms with Crippen molar-refractivity contribution >= 4 is 39.3 Å². The number of imidazole rings is 2. The Kier molecular flexibility index (Phi) is 2.86. The lowest BCUT2D eigenvalue weighted by Crippen LogP contribution is -2.16. The van der Waals surface area contributed by atoms with Crippen molar-refractivity contribution in [3.63, 3.8) is 0 Å². The van der Waals surface area contributed by atoms with Crippen molar-refractivity contribution in [1.82, 2.24) is 18.9 Å². The van der Waals surface area contributed by atoms with E-state index in [0.29, 0.717) is 11.0 Å². The molecule has 0 aliphatic heterocycles. The van der Waals surface area contributed by atoms with Crippen LogP contribution in [0.1, 0.15) is 5.56 Å². The van der Waals surface area contributed by atoms with Crippen molar-refractivity contribution in [2.24, 2.45) is 0 Å². The van der Waals surface area contributed by atoms with Gasteiger partial charge in [0, 0.05) is 27.7 Å². The molecule has 4 aromatic rings. The first kappa shape index (κ1) is 13.5. The maximum absolute atomic E-state index is 14.3. The summed E-state index contributed by atoms with van der Waals surface area (Å²) in [6, 6.07) is 4.79. The summed E-state index contributed by atoms with van der Waals surface area (Å²) in [5.41, 5.74) is 2.71. The number of hydrogen-bond acceptors (Lipinski definition) is 2. The number of pyridine rings is 1. The predicted octanol–water partition coefficient (Wildman–Crippen LogP) is 3.02. The normalized spacial score (nSPS) is 11.6. The van der Waals surface area contributed by atoms with Crippen LogP contribution in [-0.4, -0.2) is 18.9 Å². The second kappa shape index (κ2) is 4.67. The molecule has 1 N–H and O–H groups in total. The second-order valence-corrected chi connectivity index (χ2v) is 6.28. The molecule has 0 spiro atoms. The van der Waals surface area contributed by atoms with Crippen LogP contribution in [0.4, 0.5) is 4.39 Å². The van der Waals surface area contributed by atoms with Gasteiger partial charge in [-0.2, -0.15) is 0 Å². The van der Waals surface area contributed by atoms with Crippen LogP contribution in [0.5, 0.6) is 0 Å². The van der Waals surface area contributed by atoms with E-state index < -0.39 is 5.82 Å². The van der Waals surface area contributed by atoms with Gasteiger partial charge in [0.25, 0.3) is 0 Å². The smallest absolute Gasteiger partial charge is 0.305 e. The van der Waals surface area contributed by atoms with E-state index in [1.807, 2.05) is 40.1 Å². The Balaban J connectivity index is 2.17. The molecule has 3 heterocycles.